The molecule has 0 saturated carbocycles. The Morgan fingerprint density at radius 2 is 1.81 bits per heavy atom. The maximum atomic E-state index is 5.87. The molecule has 2 N–H and O–H groups in total. The van der Waals surface area contributed by atoms with E-state index in [1.807, 2.05) is 62.6 Å². The molecule has 180 valence electrons. The van der Waals surface area contributed by atoms with Crippen LogP contribution in [0.3, 0.4) is 0 Å². The molecule has 0 bridgehead atoms. The van der Waals surface area contributed by atoms with Gasteiger partial charge in [0.2, 0.25) is 0 Å². The van der Waals surface area contributed by atoms with Gasteiger partial charge < -0.3 is 19.2 Å². The third kappa shape index (κ3) is 4.07. The molecule has 0 aliphatic carbocycles. The van der Waals surface area contributed by atoms with E-state index in [9.17, 15) is 0 Å². The molecule has 6 rings (SSSR count). The van der Waals surface area contributed by atoms with Crippen molar-refractivity contribution >= 4 is 21.9 Å². The highest BCUT2D eigenvalue weighted by Crippen LogP contribution is 2.32. The zero-order valence-electron chi connectivity index (χ0n) is 20.2. The molecule has 0 aromatic carbocycles. The summed E-state index contributed by atoms with van der Waals surface area (Å²) in [5, 5.41) is 9.53. The summed E-state index contributed by atoms with van der Waals surface area (Å²) in [5.41, 5.74) is 7.08. The molecule has 0 fully saturated rings. The number of aryl methyl sites for hydroxylation is 1. The molecule has 0 unspecified atom stereocenters. The van der Waals surface area contributed by atoms with E-state index >= 15 is 0 Å². The predicted molar refractivity (Wildman–Crippen MR) is 138 cm³/mol. The fourth-order valence-corrected chi connectivity index (χ4v) is 4.19. The number of imidazole rings is 1. The van der Waals surface area contributed by atoms with Crippen molar-refractivity contribution < 1.29 is 4.74 Å². The van der Waals surface area contributed by atoms with Gasteiger partial charge in [0.25, 0.3) is 0 Å². The molecule has 0 amide bonds. The van der Waals surface area contributed by atoms with Crippen LogP contribution in [-0.2, 0) is 0 Å². The van der Waals surface area contributed by atoms with Gasteiger partial charge in [0, 0.05) is 47.0 Å². The lowest BCUT2D eigenvalue weighted by Gasteiger charge is -2.11. The largest absolute Gasteiger partial charge is 0.491 e. The van der Waals surface area contributed by atoms with Crippen LogP contribution in [0.15, 0.2) is 61.7 Å². The van der Waals surface area contributed by atoms with Crippen molar-refractivity contribution in [1.82, 2.24) is 44.6 Å². The maximum Gasteiger partial charge on any atom is 0.181 e. The Morgan fingerprint density at radius 1 is 0.944 bits per heavy atom. The summed E-state index contributed by atoms with van der Waals surface area (Å²) in [7, 11) is 4.04. The molecular weight excluding hydrogens is 454 g/mol. The average Bonchev–Trinajstić information content (AvgIpc) is 3.61. The van der Waals surface area contributed by atoms with Gasteiger partial charge in [0.05, 0.1) is 53.2 Å². The first-order chi connectivity index (χ1) is 17.5. The highest BCUT2D eigenvalue weighted by molar-refractivity contribution is 5.97. The number of pyridine rings is 3. The molecule has 0 radical (unpaired) electrons. The van der Waals surface area contributed by atoms with Crippen LogP contribution in [0.5, 0.6) is 5.75 Å². The SMILES string of the molecule is Cc1cn(-c2cncc3[nH]c(-c4[nH]nc5ncc(-c6cncc(OCCN(C)C)c6)cc45)cc23)cn1. The minimum atomic E-state index is 0.594. The fraction of sp³-hybridized carbons (Fsp3) is 0.192. The number of rotatable bonds is 7. The Hall–Kier alpha value is -4.57. The number of ether oxygens (including phenoxy) is 1. The summed E-state index contributed by atoms with van der Waals surface area (Å²) in [6.45, 7) is 3.39. The van der Waals surface area contributed by atoms with Crippen LogP contribution in [0.2, 0.25) is 0 Å². The Balaban J connectivity index is 1.37. The van der Waals surface area contributed by atoms with E-state index in [0.29, 0.717) is 12.3 Å². The van der Waals surface area contributed by atoms with Gasteiger partial charge >= 0.3 is 0 Å². The first-order valence-corrected chi connectivity index (χ1v) is 11.6. The van der Waals surface area contributed by atoms with E-state index < -0.39 is 0 Å². The Kier molecular flexibility index (Phi) is 5.42. The Bertz CT molecular complexity index is 1680. The zero-order chi connectivity index (χ0) is 24.6. The van der Waals surface area contributed by atoms with Gasteiger partial charge in [-0.25, -0.2) is 9.97 Å². The van der Waals surface area contributed by atoms with E-state index in [0.717, 1.165) is 62.5 Å². The molecule has 6 aromatic heterocycles. The topological polar surface area (TPSA) is 113 Å². The fourth-order valence-electron chi connectivity index (χ4n) is 4.19. The van der Waals surface area contributed by atoms with Crippen molar-refractivity contribution in [3.05, 3.63) is 67.4 Å². The van der Waals surface area contributed by atoms with E-state index in [4.69, 9.17) is 4.74 Å². The van der Waals surface area contributed by atoms with E-state index in [1.165, 1.54) is 0 Å². The minimum Gasteiger partial charge on any atom is -0.491 e. The molecule has 0 aliphatic heterocycles. The number of aromatic nitrogens is 8. The molecule has 10 heteroatoms. The van der Waals surface area contributed by atoms with Crippen LogP contribution in [0.25, 0.3) is 50.1 Å². The van der Waals surface area contributed by atoms with Gasteiger partial charge in [-0.2, -0.15) is 5.10 Å². The van der Waals surface area contributed by atoms with Crippen LogP contribution >= 0.6 is 0 Å². The number of likely N-dealkylation sites (N-methyl/N-ethyl adjacent to an activating group) is 1. The van der Waals surface area contributed by atoms with Gasteiger partial charge in [-0.15, -0.1) is 0 Å². The molecule has 0 spiro atoms. The number of nitrogens with one attached hydrogen (secondary N) is 2. The Labute approximate surface area is 207 Å². The number of fused-ring (bicyclic) bond motifs is 2. The van der Waals surface area contributed by atoms with Gasteiger partial charge in [-0.1, -0.05) is 0 Å². The summed E-state index contributed by atoms with van der Waals surface area (Å²) < 4.78 is 7.85. The molecule has 36 heavy (non-hydrogen) atoms. The van der Waals surface area contributed by atoms with Gasteiger partial charge in [0.1, 0.15) is 12.4 Å². The van der Waals surface area contributed by atoms with Gasteiger partial charge in [-0.3, -0.25) is 15.1 Å². The highest BCUT2D eigenvalue weighted by Gasteiger charge is 2.15. The first-order valence-electron chi connectivity index (χ1n) is 11.6. The first kappa shape index (κ1) is 21.9. The summed E-state index contributed by atoms with van der Waals surface area (Å²) >= 11 is 0. The van der Waals surface area contributed by atoms with Gasteiger partial charge in [-0.05, 0) is 39.2 Å². The molecule has 6 aromatic rings. The monoisotopic (exact) mass is 479 g/mol. The number of nitrogens with zero attached hydrogens (tertiary/aromatic N) is 7. The summed E-state index contributed by atoms with van der Waals surface area (Å²) in [5.74, 6) is 0.729. The van der Waals surface area contributed by atoms with Crippen molar-refractivity contribution in [3.8, 4) is 34.0 Å². The second-order valence-electron chi connectivity index (χ2n) is 8.98. The number of hydrogen-bond acceptors (Lipinski definition) is 7. The predicted octanol–water partition coefficient (Wildman–Crippen LogP) is 4.00. The second-order valence-corrected chi connectivity index (χ2v) is 8.98. The number of H-pyrrole nitrogens is 2. The smallest absolute Gasteiger partial charge is 0.181 e. The normalized spacial score (nSPS) is 11.7. The van der Waals surface area contributed by atoms with Crippen LogP contribution in [-0.4, -0.2) is 71.8 Å². The lowest BCUT2D eigenvalue weighted by atomic mass is 10.1. The van der Waals surface area contributed by atoms with Crippen LogP contribution < -0.4 is 4.74 Å². The number of hydrogen-bond donors (Lipinski definition) is 2. The van der Waals surface area contributed by atoms with Crippen molar-refractivity contribution in [1.29, 1.82) is 0 Å². The van der Waals surface area contributed by atoms with Crippen LogP contribution in [0.4, 0.5) is 0 Å². The lowest BCUT2D eigenvalue weighted by molar-refractivity contribution is 0.261. The lowest BCUT2D eigenvalue weighted by Crippen LogP contribution is -2.19. The minimum absolute atomic E-state index is 0.594. The van der Waals surface area contributed by atoms with Crippen molar-refractivity contribution in [2.75, 3.05) is 27.2 Å². The van der Waals surface area contributed by atoms with Crippen molar-refractivity contribution in [2.24, 2.45) is 0 Å². The van der Waals surface area contributed by atoms with E-state index in [1.54, 1.807) is 12.5 Å². The quantitative estimate of drug-likeness (QED) is 0.356. The third-order valence-electron chi connectivity index (χ3n) is 6.05. The summed E-state index contributed by atoms with van der Waals surface area (Å²) in [4.78, 5) is 23.3. The molecule has 6 heterocycles. The second kappa shape index (κ2) is 8.90. The van der Waals surface area contributed by atoms with E-state index in [-0.39, 0.29) is 0 Å². The Morgan fingerprint density at radius 3 is 2.64 bits per heavy atom. The molecule has 0 aliphatic rings. The standard InChI is InChI=1S/C26H25N9O/c1-16-14-35(15-30-16)24-13-28-12-23-20(24)8-22(31-23)25-21-7-18(10-29-26(21)33-32-25)17-6-19(11-27-9-17)36-5-4-34(2)3/h6-15,31H,4-5H2,1-3H3,(H,29,32,33). The van der Waals surface area contributed by atoms with Crippen LogP contribution in [0, 0.1) is 6.92 Å². The molecule has 0 saturated heterocycles. The molecular formula is C26H25N9O. The summed E-state index contributed by atoms with van der Waals surface area (Å²) in [6, 6.07) is 6.16. The molecule has 0 atom stereocenters. The molecule has 10 nitrogen and oxygen atoms in total. The van der Waals surface area contributed by atoms with Crippen molar-refractivity contribution in [3.63, 3.8) is 0 Å². The third-order valence-corrected chi connectivity index (χ3v) is 6.05. The van der Waals surface area contributed by atoms with E-state index in [2.05, 4.69) is 52.1 Å². The average molecular weight is 480 g/mol. The van der Waals surface area contributed by atoms with Crippen LogP contribution in [0.1, 0.15) is 5.69 Å². The highest BCUT2D eigenvalue weighted by atomic mass is 16.5. The maximum absolute atomic E-state index is 5.87. The summed E-state index contributed by atoms with van der Waals surface area (Å²) in [6.07, 6.45) is 12.8. The number of aromatic amines is 2. The zero-order valence-corrected chi connectivity index (χ0v) is 20.2. The van der Waals surface area contributed by atoms with Crippen molar-refractivity contribution in [2.45, 2.75) is 6.92 Å². The van der Waals surface area contributed by atoms with Gasteiger partial charge in [0.15, 0.2) is 5.65 Å².